The molecule has 138 valence electrons. The highest BCUT2D eigenvalue weighted by molar-refractivity contribution is 6.07. The lowest BCUT2D eigenvalue weighted by molar-refractivity contribution is -0.187. The zero-order valence-corrected chi connectivity index (χ0v) is 15.6. The van der Waals surface area contributed by atoms with Crippen LogP contribution in [0.3, 0.4) is 0 Å². The number of carbonyl (C=O) groups is 2. The van der Waals surface area contributed by atoms with E-state index >= 15 is 0 Å². The molecular weight excluding hydrogens is 352 g/mol. The number of fused-ring (bicyclic) bond motifs is 2. The van der Waals surface area contributed by atoms with Crippen LogP contribution < -0.4 is 0 Å². The van der Waals surface area contributed by atoms with Gasteiger partial charge in [-0.15, -0.1) is 0 Å². The first-order valence-electron chi connectivity index (χ1n) is 8.96. The Morgan fingerprint density at radius 1 is 0.536 bits per heavy atom. The number of carbonyl (C=O) groups excluding carboxylic acids is 2. The molecule has 4 heteroatoms. The summed E-state index contributed by atoms with van der Waals surface area (Å²) < 4.78 is 0. The first-order valence-corrected chi connectivity index (χ1v) is 8.96. The third-order valence-corrected chi connectivity index (χ3v) is 4.92. The van der Waals surface area contributed by atoms with Gasteiger partial charge >= 0.3 is 11.9 Å². The zero-order valence-electron chi connectivity index (χ0n) is 15.6. The highest BCUT2D eigenvalue weighted by atomic mass is 17.2. The molecule has 0 amide bonds. The molecule has 4 rings (SSSR count). The molecule has 0 heterocycles. The van der Waals surface area contributed by atoms with Crippen LogP contribution >= 0.6 is 0 Å². The highest BCUT2D eigenvalue weighted by Crippen LogP contribution is 2.25. The molecule has 0 aliphatic rings. The summed E-state index contributed by atoms with van der Waals surface area (Å²) in [7, 11) is 0. The molecule has 0 saturated heterocycles. The molecule has 0 atom stereocenters. The van der Waals surface area contributed by atoms with Crippen LogP contribution in [0.4, 0.5) is 0 Å². The van der Waals surface area contributed by atoms with Crippen molar-refractivity contribution in [3.8, 4) is 0 Å². The third-order valence-electron chi connectivity index (χ3n) is 4.92. The fourth-order valence-corrected chi connectivity index (χ4v) is 3.42. The van der Waals surface area contributed by atoms with Crippen LogP contribution in [0.5, 0.6) is 0 Å². The van der Waals surface area contributed by atoms with E-state index in [0.717, 1.165) is 32.7 Å². The van der Waals surface area contributed by atoms with E-state index in [1.54, 1.807) is 12.1 Å². The van der Waals surface area contributed by atoms with Crippen molar-refractivity contribution in [2.45, 2.75) is 13.8 Å². The Hall–Kier alpha value is -3.66. The van der Waals surface area contributed by atoms with E-state index < -0.39 is 11.9 Å². The fraction of sp³-hybridized carbons (Fsp3) is 0.0833. The van der Waals surface area contributed by atoms with Crippen LogP contribution in [-0.2, 0) is 9.78 Å². The van der Waals surface area contributed by atoms with Crippen molar-refractivity contribution in [2.75, 3.05) is 0 Å². The van der Waals surface area contributed by atoms with Crippen LogP contribution in [0.1, 0.15) is 31.8 Å². The minimum atomic E-state index is -0.707. The van der Waals surface area contributed by atoms with Crippen molar-refractivity contribution in [3.63, 3.8) is 0 Å². The van der Waals surface area contributed by atoms with Crippen molar-refractivity contribution < 1.29 is 19.4 Å². The lowest BCUT2D eigenvalue weighted by Gasteiger charge is -2.09. The molecule has 0 fully saturated rings. The Morgan fingerprint density at radius 3 is 1.29 bits per heavy atom. The second-order valence-electron chi connectivity index (χ2n) is 6.69. The van der Waals surface area contributed by atoms with E-state index in [1.807, 2.05) is 74.5 Å². The summed E-state index contributed by atoms with van der Waals surface area (Å²) in [4.78, 5) is 34.8. The second kappa shape index (κ2) is 7.16. The van der Waals surface area contributed by atoms with Gasteiger partial charge in [-0.2, -0.15) is 0 Å². The number of benzene rings is 4. The lowest BCUT2D eigenvalue weighted by Crippen LogP contribution is -2.12. The molecule has 0 radical (unpaired) electrons. The highest BCUT2D eigenvalue weighted by Gasteiger charge is 2.18. The summed E-state index contributed by atoms with van der Waals surface area (Å²) in [6, 6.07) is 22.1. The van der Waals surface area contributed by atoms with E-state index in [2.05, 4.69) is 0 Å². The Balaban J connectivity index is 1.59. The van der Waals surface area contributed by atoms with Gasteiger partial charge in [0.15, 0.2) is 0 Å². The topological polar surface area (TPSA) is 52.6 Å². The standard InChI is InChI=1S/C24H18O4/c1-15-11-13-21(19-9-5-3-7-17(15)19)23(25)27-28-24(26)22-14-12-16(2)18-8-4-6-10-20(18)22/h3-14H,1-2H3. The van der Waals surface area contributed by atoms with Crippen LogP contribution in [-0.4, -0.2) is 11.9 Å². The van der Waals surface area contributed by atoms with Crippen LogP contribution in [0, 0.1) is 13.8 Å². The molecule has 4 aromatic rings. The average molecular weight is 370 g/mol. The minimum Gasteiger partial charge on any atom is -0.241 e. The molecule has 0 unspecified atom stereocenters. The van der Waals surface area contributed by atoms with Crippen molar-refractivity contribution in [3.05, 3.63) is 95.1 Å². The predicted octanol–water partition coefficient (Wildman–Crippen LogP) is 5.54. The second-order valence-corrected chi connectivity index (χ2v) is 6.69. The molecule has 0 saturated carbocycles. The number of hydrogen-bond donors (Lipinski definition) is 0. The van der Waals surface area contributed by atoms with Crippen LogP contribution in [0.15, 0.2) is 72.8 Å². The molecule has 4 aromatic carbocycles. The summed E-state index contributed by atoms with van der Waals surface area (Å²) >= 11 is 0. The summed E-state index contributed by atoms with van der Waals surface area (Å²) in [6.07, 6.45) is 0. The van der Waals surface area contributed by atoms with Gasteiger partial charge < -0.3 is 0 Å². The van der Waals surface area contributed by atoms with Gasteiger partial charge in [0.05, 0.1) is 11.1 Å². The predicted molar refractivity (Wildman–Crippen MR) is 108 cm³/mol. The quantitative estimate of drug-likeness (QED) is 0.343. The normalized spacial score (nSPS) is 10.8. The van der Waals surface area contributed by atoms with Crippen molar-refractivity contribution >= 4 is 33.5 Å². The Morgan fingerprint density at radius 2 is 0.893 bits per heavy atom. The van der Waals surface area contributed by atoms with Gasteiger partial charge in [0.2, 0.25) is 0 Å². The van der Waals surface area contributed by atoms with Gasteiger partial charge in [0.25, 0.3) is 0 Å². The van der Waals surface area contributed by atoms with Gasteiger partial charge in [0.1, 0.15) is 0 Å². The third kappa shape index (κ3) is 3.09. The molecule has 28 heavy (non-hydrogen) atoms. The summed E-state index contributed by atoms with van der Waals surface area (Å²) in [6.45, 7) is 3.94. The van der Waals surface area contributed by atoms with E-state index in [0.29, 0.717) is 11.1 Å². The first kappa shape index (κ1) is 17.7. The maximum Gasteiger partial charge on any atom is 0.386 e. The van der Waals surface area contributed by atoms with Gasteiger partial charge in [-0.1, -0.05) is 60.7 Å². The fourth-order valence-electron chi connectivity index (χ4n) is 3.42. The van der Waals surface area contributed by atoms with Gasteiger partial charge in [-0.05, 0) is 58.7 Å². The number of rotatable bonds is 2. The number of aryl methyl sites for hydroxylation is 2. The maximum atomic E-state index is 12.5. The van der Waals surface area contributed by atoms with Gasteiger partial charge in [-0.3, -0.25) is 0 Å². The number of hydrogen-bond acceptors (Lipinski definition) is 4. The van der Waals surface area contributed by atoms with E-state index in [4.69, 9.17) is 9.78 Å². The molecule has 4 nitrogen and oxygen atoms in total. The summed E-state index contributed by atoms with van der Waals surface area (Å²) in [5.41, 5.74) is 2.80. The van der Waals surface area contributed by atoms with Crippen LogP contribution in [0.25, 0.3) is 21.5 Å². The summed E-state index contributed by atoms with van der Waals surface area (Å²) in [5, 5.41) is 3.41. The molecular formula is C24H18O4. The Labute approximate surface area is 162 Å². The van der Waals surface area contributed by atoms with Gasteiger partial charge in [-0.25, -0.2) is 19.4 Å². The molecule has 0 aliphatic heterocycles. The van der Waals surface area contributed by atoms with E-state index in [1.165, 1.54) is 0 Å². The molecule has 0 bridgehead atoms. The SMILES string of the molecule is Cc1ccc(C(=O)OOC(=O)c2ccc(C)c3ccccc23)c2ccccc12. The minimum absolute atomic E-state index is 0.350. The largest absolute Gasteiger partial charge is 0.386 e. The Kier molecular flexibility index (Phi) is 4.53. The van der Waals surface area contributed by atoms with Crippen LogP contribution in [0.2, 0.25) is 0 Å². The lowest BCUT2D eigenvalue weighted by atomic mass is 10.0. The van der Waals surface area contributed by atoms with Crippen molar-refractivity contribution in [1.82, 2.24) is 0 Å². The first-order chi connectivity index (χ1) is 13.6. The smallest absolute Gasteiger partial charge is 0.241 e. The molecule has 0 N–H and O–H groups in total. The Bertz CT molecular complexity index is 1130. The van der Waals surface area contributed by atoms with E-state index in [-0.39, 0.29) is 0 Å². The zero-order chi connectivity index (χ0) is 19.7. The monoisotopic (exact) mass is 370 g/mol. The molecule has 0 aliphatic carbocycles. The average Bonchev–Trinajstić information content (AvgIpc) is 2.73. The van der Waals surface area contributed by atoms with E-state index in [9.17, 15) is 9.59 Å². The molecule has 0 spiro atoms. The van der Waals surface area contributed by atoms with Crippen molar-refractivity contribution in [1.29, 1.82) is 0 Å². The van der Waals surface area contributed by atoms with Gasteiger partial charge in [0, 0.05) is 0 Å². The maximum absolute atomic E-state index is 12.5. The summed E-state index contributed by atoms with van der Waals surface area (Å²) in [5.74, 6) is -1.41. The van der Waals surface area contributed by atoms with Crippen molar-refractivity contribution in [2.24, 2.45) is 0 Å². The molecule has 0 aromatic heterocycles.